The second kappa shape index (κ2) is 6.37. The van der Waals surface area contributed by atoms with E-state index in [2.05, 4.69) is 39.4 Å². The molecule has 4 heteroatoms. The zero-order valence-electron chi connectivity index (χ0n) is 11.5. The van der Waals surface area contributed by atoms with Crippen LogP contribution in [0.4, 0.5) is 5.69 Å². The lowest BCUT2D eigenvalue weighted by atomic mass is 10.1. The van der Waals surface area contributed by atoms with Gasteiger partial charge >= 0.3 is 0 Å². The quantitative estimate of drug-likeness (QED) is 0.876. The molecule has 1 aromatic rings. The van der Waals surface area contributed by atoms with E-state index in [0.29, 0.717) is 0 Å². The van der Waals surface area contributed by atoms with Crippen molar-refractivity contribution in [2.45, 2.75) is 6.54 Å². The maximum atomic E-state index is 5.42. The van der Waals surface area contributed by atoms with E-state index in [0.717, 1.165) is 59.0 Å². The van der Waals surface area contributed by atoms with E-state index in [1.54, 1.807) is 0 Å². The van der Waals surface area contributed by atoms with Crippen molar-refractivity contribution in [2.75, 3.05) is 57.4 Å². The molecule has 4 nitrogen and oxygen atoms in total. The molecule has 0 aliphatic carbocycles. The number of ether oxygens (including phenoxy) is 1. The van der Waals surface area contributed by atoms with Crippen LogP contribution in [0.3, 0.4) is 0 Å². The fourth-order valence-corrected chi connectivity index (χ4v) is 2.86. The zero-order valence-corrected chi connectivity index (χ0v) is 11.5. The average Bonchev–Trinajstić information content (AvgIpc) is 2.50. The molecule has 1 aromatic carbocycles. The minimum Gasteiger partial charge on any atom is -0.379 e. The molecule has 0 atom stereocenters. The molecular weight excluding hydrogens is 238 g/mol. The molecule has 0 saturated carbocycles. The molecular formula is C15H23N3O. The third-order valence-electron chi connectivity index (χ3n) is 3.95. The van der Waals surface area contributed by atoms with E-state index in [9.17, 15) is 0 Å². The summed E-state index contributed by atoms with van der Waals surface area (Å²) in [5.74, 6) is 0. The summed E-state index contributed by atoms with van der Waals surface area (Å²) in [7, 11) is 0. The molecule has 3 rings (SSSR count). The number of benzene rings is 1. The van der Waals surface area contributed by atoms with Crippen molar-refractivity contribution >= 4 is 5.69 Å². The Morgan fingerprint density at radius 2 is 1.74 bits per heavy atom. The number of para-hydroxylation sites is 1. The third kappa shape index (κ3) is 3.26. The molecule has 0 aromatic heterocycles. The van der Waals surface area contributed by atoms with E-state index >= 15 is 0 Å². The van der Waals surface area contributed by atoms with Crippen LogP contribution in [0.2, 0.25) is 0 Å². The lowest BCUT2D eigenvalue weighted by Crippen LogP contribution is -2.44. The van der Waals surface area contributed by atoms with Gasteiger partial charge in [-0.1, -0.05) is 18.2 Å². The van der Waals surface area contributed by atoms with E-state index in [1.165, 1.54) is 11.3 Å². The minimum absolute atomic E-state index is 0.871. The van der Waals surface area contributed by atoms with Gasteiger partial charge in [0.25, 0.3) is 0 Å². The Labute approximate surface area is 115 Å². The Hall–Kier alpha value is -1.10. The van der Waals surface area contributed by atoms with Crippen molar-refractivity contribution in [3.8, 4) is 0 Å². The van der Waals surface area contributed by atoms with Crippen LogP contribution in [0.1, 0.15) is 5.56 Å². The first-order valence-electron chi connectivity index (χ1n) is 7.27. The second-order valence-electron chi connectivity index (χ2n) is 5.25. The molecule has 1 N–H and O–H groups in total. The van der Waals surface area contributed by atoms with Crippen LogP contribution < -0.4 is 10.2 Å². The number of morpholine rings is 1. The van der Waals surface area contributed by atoms with Crippen molar-refractivity contribution in [1.82, 2.24) is 10.2 Å². The van der Waals surface area contributed by atoms with Gasteiger partial charge in [0.15, 0.2) is 0 Å². The lowest BCUT2D eigenvalue weighted by Gasteiger charge is -2.33. The molecule has 0 amide bonds. The molecule has 104 valence electrons. The Morgan fingerprint density at radius 3 is 2.53 bits per heavy atom. The highest BCUT2D eigenvalue weighted by atomic mass is 16.5. The van der Waals surface area contributed by atoms with Crippen LogP contribution in [0.25, 0.3) is 0 Å². The number of hydrogen-bond acceptors (Lipinski definition) is 4. The number of piperazine rings is 1. The average molecular weight is 261 g/mol. The molecule has 0 unspecified atom stereocenters. The third-order valence-corrected chi connectivity index (χ3v) is 3.95. The fraction of sp³-hybridized carbons (Fsp3) is 0.600. The molecule has 2 aliphatic rings. The van der Waals surface area contributed by atoms with Crippen molar-refractivity contribution < 1.29 is 4.74 Å². The van der Waals surface area contributed by atoms with Crippen molar-refractivity contribution in [1.29, 1.82) is 0 Å². The van der Waals surface area contributed by atoms with Gasteiger partial charge in [-0.05, 0) is 11.6 Å². The van der Waals surface area contributed by atoms with Crippen molar-refractivity contribution in [2.24, 2.45) is 0 Å². The number of hydrogen-bond donors (Lipinski definition) is 1. The van der Waals surface area contributed by atoms with Gasteiger partial charge < -0.3 is 15.0 Å². The Kier molecular flexibility index (Phi) is 4.33. The maximum Gasteiger partial charge on any atom is 0.0594 e. The zero-order chi connectivity index (χ0) is 12.9. The second-order valence-corrected chi connectivity index (χ2v) is 5.25. The number of anilines is 1. The molecule has 0 spiro atoms. The van der Waals surface area contributed by atoms with Gasteiger partial charge in [0.1, 0.15) is 0 Å². The van der Waals surface area contributed by atoms with Crippen LogP contribution in [0, 0.1) is 0 Å². The molecule has 19 heavy (non-hydrogen) atoms. The molecule has 2 saturated heterocycles. The van der Waals surface area contributed by atoms with E-state index < -0.39 is 0 Å². The maximum absolute atomic E-state index is 5.42. The SMILES string of the molecule is c1ccc(N2CCNCC2)c(CN2CCOCC2)c1. The van der Waals surface area contributed by atoms with Gasteiger partial charge in [0.2, 0.25) is 0 Å². The van der Waals surface area contributed by atoms with Gasteiger partial charge in [-0.25, -0.2) is 0 Å². The van der Waals surface area contributed by atoms with Crippen LogP contribution in [-0.4, -0.2) is 57.4 Å². The summed E-state index contributed by atoms with van der Waals surface area (Å²) in [5, 5.41) is 3.42. The van der Waals surface area contributed by atoms with Gasteiger partial charge in [0, 0.05) is 51.5 Å². The van der Waals surface area contributed by atoms with Gasteiger partial charge in [-0.15, -0.1) is 0 Å². The predicted octanol–water partition coefficient (Wildman–Crippen LogP) is 0.928. The molecule has 0 bridgehead atoms. The van der Waals surface area contributed by atoms with Gasteiger partial charge in [0.05, 0.1) is 13.2 Å². The summed E-state index contributed by atoms with van der Waals surface area (Å²) in [6.07, 6.45) is 0. The minimum atomic E-state index is 0.871. The molecule has 2 fully saturated rings. The summed E-state index contributed by atoms with van der Waals surface area (Å²) < 4.78 is 5.42. The highest BCUT2D eigenvalue weighted by molar-refractivity contribution is 5.54. The fourth-order valence-electron chi connectivity index (χ4n) is 2.86. The van der Waals surface area contributed by atoms with Crippen LogP contribution in [0.5, 0.6) is 0 Å². The summed E-state index contributed by atoms with van der Waals surface area (Å²) >= 11 is 0. The van der Waals surface area contributed by atoms with Gasteiger partial charge in [-0.3, -0.25) is 4.90 Å². The highest BCUT2D eigenvalue weighted by Gasteiger charge is 2.16. The first kappa shape index (κ1) is 12.9. The van der Waals surface area contributed by atoms with E-state index in [-0.39, 0.29) is 0 Å². The number of nitrogens with zero attached hydrogens (tertiary/aromatic N) is 2. The Bertz CT molecular complexity index is 398. The first-order valence-corrected chi connectivity index (χ1v) is 7.27. The highest BCUT2D eigenvalue weighted by Crippen LogP contribution is 2.22. The lowest BCUT2D eigenvalue weighted by molar-refractivity contribution is 0.0342. The van der Waals surface area contributed by atoms with Crippen LogP contribution in [0.15, 0.2) is 24.3 Å². The predicted molar refractivity (Wildman–Crippen MR) is 77.6 cm³/mol. The van der Waals surface area contributed by atoms with Crippen molar-refractivity contribution in [3.63, 3.8) is 0 Å². The summed E-state index contributed by atoms with van der Waals surface area (Å²) in [6, 6.07) is 8.84. The van der Waals surface area contributed by atoms with Crippen molar-refractivity contribution in [3.05, 3.63) is 29.8 Å². The topological polar surface area (TPSA) is 27.7 Å². The Balaban J connectivity index is 1.72. The summed E-state index contributed by atoms with van der Waals surface area (Å²) in [6.45, 7) is 9.29. The normalized spacial score (nSPS) is 21.6. The molecule has 2 aliphatic heterocycles. The largest absolute Gasteiger partial charge is 0.379 e. The van der Waals surface area contributed by atoms with Gasteiger partial charge in [-0.2, -0.15) is 0 Å². The monoisotopic (exact) mass is 261 g/mol. The van der Waals surface area contributed by atoms with Crippen LogP contribution in [-0.2, 0) is 11.3 Å². The molecule has 0 radical (unpaired) electrons. The Morgan fingerprint density at radius 1 is 1.00 bits per heavy atom. The first-order chi connectivity index (χ1) is 9.43. The van der Waals surface area contributed by atoms with E-state index in [4.69, 9.17) is 4.74 Å². The van der Waals surface area contributed by atoms with Crippen LogP contribution >= 0.6 is 0 Å². The summed E-state index contributed by atoms with van der Waals surface area (Å²) in [4.78, 5) is 5.00. The smallest absolute Gasteiger partial charge is 0.0594 e. The molecule has 2 heterocycles. The number of nitrogens with one attached hydrogen (secondary N) is 1. The number of rotatable bonds is 3. The summed E-state index contributed by atoms with van der Waals surface area (Å²) in [5.41, 5.74) is 2.86. The standard InChI is InChI=1S/C15H23N3O/c1-2-4-15(18-7-5-16-6-8-18)14(3-1)13-17-9-11-19-12-10-17/h1-4,16H,5-13H2. The van der Waals surface area contributed by atoms with E-state index in [1.807, 2.05) is 0 Å².